The number of piperidine rings is 1. The Labute approximate surface area is 137 Å². The smallest absolute Gasteiger partial charge is 0.222 e. The molecule has 1 amide bonds. The molecule has 0 saturated carbocycles. The number of rotatable bonds is 4. The summed E-state index contributed by atoms with van der Waals surface area (Å²) in [5.74, 6) is 0.241. The number of aryl methyl sites for hydroxylation is 2. The maximum Gasteiger partial charge on any atom is 0.222 e. The van der Waals surface area contributed by atoms with Gasteiger partial charge in [-0.3, -0.25) is 4.79 Å². The summed E-state index contributed by atoms with van der Waals surface area (Å²) in [5, 5.41) is 0. The van der Waals surface area contributed by atoms with Crippen molar-refractivity contribution in [3.8, 4) is 0 Å². The molecule has 1 saturated heterocycles. The molecule has 2 aromatic heterocycles. The van der Waals surface area contributed by atoms with E-state index in [2.05, 4.69) is 21.3 Å². The number of hydrogen-bond acceptors (Lipinski definition) is 3. The Morgan fingerprint density at radius 2 is 2.09 bits per heavy atom. The monoisotopic (exact) mass is 314 g/mol. The van der Waals surface area contributed by atoms with E-state index in [1.54, 1.807) is 0 Å². The minimum Gasteiger partial charge on any atom is -0.343 e. The van der Waals surface area contributed by atoms with E-state index in [4.69, 9.17) is 0 Å². The van der Waals surface area contributed by atoms with Gasteiger partial charge in [0.25, 0.3) is 0 Å². The van der Waals surface area contributed by atoms with Gasteiger partial charge in [0.2, 0.25) is 5.91 Å². The molecule has 0 bridgehead atoms. The minimum absolute atomic E-state index is 0.241. The maximum atomic E-state index is 12.5. The number of imidazole rings is 1. The molecule has 0 aliphatic carbocycles. The Hall–Kier alpha value is -1.88. The van der Waals surface area contributed by atoms with E-state index in [0.717, 1.165) is 49.4 Å². The largest absolute Gasteiger partial charge is 0.343 e. The molecule has 0 unspecified atom stereocenters. The van der Waals surface area contributed by atoms with Gasteiger partial charge in [-0.2, -0.15) is 0 Å². The fraction of sp³-hybridized carbons (Fsp3) is 0.556. The number of hydrogen-bond donors (Lipinski definition) is 0. The molecule has 0 N–H and O–H groups in total. The predicted octanol–water partition coefficient (Wildman–Crippen LogP) is 2.13. The number of aromatic nitrogens is 2. The third-order valence-electron chi connectivity index (χ3n) is 5.03. The average molecular weight is 314 g/mol. The van der Waals surface area contributed by atoms with E-state index in [0.29, 0.717) is 12.5 Å². The molecule has 0 radical (unpaired) electrons. The lowest BCUT2D eigenvalue weighted by Gasteiger charge is -2.35. The summed E-state index contributed by atoms with van der Waals surface area (Å²) in [5.41, 5.74) is 3.12. The van der Waals surface area contributed by atoms with Crippen molar-refractivity contribution in [3.05, 3.63) is 35.8 Å². The molecular formula is C18H26N4O. The van der Waals surface area contributed by atoms with Crippen LogP contribution in [0.1, 0.15) is 30.7 Å². The van der Waals surface area contributed by atoms with Crippen LogP contribution in [0.15, 0.2) is 24.4 Å². The molecule has 0 atom stereocenters. The lowest BCUT2D eigenvalue weighted by atomic mass is 10.0. The molecule has 5 nitrogen and oxygen atoms in total. The van der Waals surface area contributed by atoms with Crippen LogP contribution in [0.4, 0.5) is 0 Å². The van der Waals surface area contributed by atoms with Gasteiger partial charge in [0.1, 0.15) is 5.65 Å². The Bertz CT molecular complexity index is 685. The molecular weight excluding hydrogens is 288 g/mol. The number of carbonyl (C=O) groups excluding carboxylic acids is 1. The zero-order chi connectivity index (χ0) is 16.4. The van der Waals surface area contributed by atoms with Crippen molar-refractivity contribution in [2.45, 2.75) is 38.6 Å². The van der Waals surface area contributed by atoms with E-state index >= 15 is 0 Å². The van der Waals surface area contributed by atoms with Crippen molar-refractivity contribution in [1.29, 1.82) is 0 Å². The van der Waals surface area contributed by atoms with E-state index in [9.17, 15) is 4.79 Å². The van der Waals surface area contributed by atoms with Gasteiger partial charge in [0.05, 0.1) is 5.69 Å². The first-order valence-corrected chi connectivity index (χ1v) is 8.43. The highest BCUT2D eigenvalue weighted by molar-refractivity contribution is 5.76. The van der Waals surface area contributed by atoms with Crippen LogP contribution in [0, 0.1) is 6.92 Å². The van der Waals surface area contributed by atoms with Crippen LogP contribution in [0.25, 0.3) is 5.65 Å². The van der Waals surface area contributed by atoms with Crippen molar-refractivity contribution in [2.75, 3.05) is 27.2 Å². The third-order valence-corrected chi connectivity index (χ3v) is 5.03. The van der Waals surface area contributed by atoms with Crippen LogP contribution < -0.4 is 0 Å². The number of nitrogens with zero attached hydrogens (tertiary/aromatic N) is 4. The highest BCUT2D eigenvalue weighted by Crippen LogP contribution is 2.17. The summed E-state index contributed by atoms with van der Waals surface area (Å²) in [6.45, 7) is 4.18. The highest BCUT2D eigenvalue weighted by atomic mass is 16.2. The van der Waals surface area contributed by atoms with Crippen LogP contribution in [0.5, 0.6) is 0 Å². The second-order valence-corrected chi connectivity index (χ2v) is 6.61. The molecule has 5 heteroatoms. The molecule has 124 valence electrons. The van der Waals surface area contributed by atoms with E-state index in [-0.39, 0.29) is 5.91 Å². The molecule has 1 aliphatic heterocycles. The summed E-state index contributed by atoms with van der Waals surface area (Å²) in [6.07, 6.45) is 5.47. The van der Waals surface area contributed by atoms with Crippen LogP contribution in [-0.2, 0) is 11.2 Å². The zero-order valence-corrected chi connectivity index (χ0v) is 14.3. The SMILES string of the molecule is Cc1nc2ccccn2c1CCC(=O)N(C)C1CCN(C)CC1. The van der Waals surface area contributed by atoms with Gasteiger partial charge in [0, 0.05) is 31.4 Å². The quantitative estimate of drug-likeness (QED) is 0.868. The Balaban J connectivity index is 1.63. The summed E-state index contributed by atoms with van der Waals surface area (Å²) in [7, 11) is 4.10. The third kappa shape index (κ3) is 3.39. The van der Waals surface area contributed by atoms with Crippen molar-refractivity contribution in [2.24, 2.45) is 0 Å². The maximum absolute atomic E-state index is 12.5. The molecule has 2 aromatic rings. The van der Waals surface area contributed by atoms with Crippen molar-refractivity contribution in [1.82, 2.24) is 19.2 Å². The molecule has 0 spiro atoms. The van der Waals surface area contributed by atoms with Gasteiger partial charge in [0.15, 0.2) is 0 Å². The Morgan fingerprint density at radius 3 is 2.83 bits per heavy atom. The molecule has 1 fully saturated rings. The first-order valence-electron chi connectivity index (χ1n) is 8.43. The highest BCUT2D eigenvalue weighted by Gasteiger charge is 2.24. The van der Waals surface area contributed by atoms with Gasteiger partial charge in [-0.1, -0.05) is 6.07 Å². The van der Waals surface area contributed by atoms with Gasteiger partial charge < -0.3 is 14.2 Å². The summed E-state index contributed by atoms with van der Waals surface area (Å²) in [4.78, 5) is 21.4. The number of fused-ring (bicyclic) bond motifs is 1. The van der Waals surface area contributed by atoms with Crippen molar-refractivity contribution in [3.63, 3.8) is 0 Å². The standard InChI is InChI=1S/C18H26N4O/c1-14-16(22-11-5-4-6-17(22)19-14)7-8-18(23)21(3)15-9-12-20(2)13-10-15/h4-6,11,15H,7-10,12-13H2,1-3H3. The topological polar surface area (TPSA) is 40.9 Å². The Kier molecular flexibility index (Phi) is 4.66. The fourth-order valence-electron chi connectivity index (χ4n) is 3.45. The first kappa shape index (κ1) is 16.0. The van der Waals surface area contributed by atoms with E-state index in [1.165, 1.54) is 0 Å². The molecule has 3 rings (SSSR count). The number of amides is 1. The summed E-state index contributed by atoms with van der Waals surface area (Å²) >= 11 is 0. The first-order chi connectivity index (χ1) is 11.1. The lowest BCUT2D eigenvalue weighted by molar-refractivity contribution is -0.132. The number of pyridine rings is 1. The predicted molar refractivity (Wildman–Crippen MR) is 91.5 cm³/mol. The molecule has 23 heavy (non-hydrogen) atoms. The fourth-order valence-corrected chi connectivity index (χ4v) is 3.45. The number of carbonyl (C=O) groups is 1. The average Bonchev–Trinajstić information content (AvgIpc) is 2.88. The molecule has 3 heterocycles. The number of likely N-dealkylation sites (tertiary alicyclic amines) is 1. The van der Waals surface area contributed by atoms with Crippen LogP contribution in [0.2, 0.25) is 0 Å². The van der Waals surface area contributed by atoms with Gasteiger partial charge in [-0.25, -0.2) is 4.98 Å². The zero-order valence-electron chi connectivity index (χ0n) is 14.3. The summed E-state index contributed by atoms with van der Waals surface area (Å²) < 4.78 is 2.10. The van der Waals surface area contributed by atoms with Gasteiger partial charge in [-0.05, 0) is 58.5 Å². The Morgan fingerprint density at radius 1 is 1.35 bits per heavy atom. The minimum atomic E-state index is 0.241. The molecule has 0 aromatic carbocycles. The van der Waals surface area contributed by atoms with E-state index < -0.39 is 0 Å². The summed E-state index contributed by atoms with van der Waals surface area (Å²) in [6, 6.07) is 6.39. The van der Waals surface area contributed by atoms with Crippen molar-refractivity contribution >= 4 is 11.6 Å². The lowest BCUT2D eigenvalue weighted by Crippen LogP contribution is -2.44. The van der Waals surface area contributed by atoms with E-state index in [1.807, 2.05) is 43.3 Å². The van der Waals surface area contributed by atoms with Gasteiger partial charge in [-0.15, -0.1) is 0 Å². The normalized spacial score (nSPS) is 16.8. The van der Waals surface area contributed by atoms with Crippen LogP contribution in [0.3, 0.4) is 0 Å². The van der Waals surface area contributed by atoms with Crippen LogP contribution >= 0.6 is 0 Å². The van der Waals surface area contributed by atoms with Crippen LogP contribution in [-0.4, -0.2) is 58.3 Å². The second-order valence-electron chi connectivity index (χ2n) is 6.61. The molecule has 1 aliphatic rings. The second kappa shape index (κ2) is 6.71. The van der Waals surface area contributed by atoms with Gasteiger partial charge >= 0.3 is 0 Å². The van der Waals surface area contributed by atoms with Crippen molar-refractivity contribution < 1.29 is 4.79 Å².